The zero-order valence-electron chi connectivity index (χ0n) is 12.0. The molecule has 0 saturated heterocycles. The third-order valence-electron chi connectivity index (χ3n) is 3.28. The van der Waals surface area contributed by atoms with Gasteiger partial charge in [-0.3, -0.25) is 0 Å². The van der Waals surface area contributed by atoms with Crippen LogP contribution < -0.4 is 5.32 Å². The van der Waals surface area contributed by atoms with Crippen LogP contribution in [-0.4, -0.2) is 25.8 Å². The third kappa shape index (κ3) is 4.64. The average molecular weight is 304 g/mol. The molecule has 0 radical (unpaired) electrons. The number of ether oxygens (including phenoxy) is 1. The Hall–Kier alpha value is -0.280. The Morgan fingerprint density at radius 3 is 2.21 bits per heavy atom. The summed E-state index contributed by atoms with van der Waals surface area (Å²) in [6, 6.07) is 5.82. The zero-order chi connectivity index (χ0) is 14.4. The zero-order valence-corrected chi connectivity index (χ0v) is 13.6. The number of likely N-dealkylation sites (N-methyl/N-ethyl adjacent to an activating group) is 1. The van der Waals surface area contributed by atoms with Gasteiger partial charge >= 0.3 is 0 Å². The molecule has 1 rings (SSSR count). The van der Waals surface area contributed by atoms with E-state index in [1.807, 2.05) is 18.2 Å². The van der Waals surface area contributed by atoms with Crippen LogP contribution in [0.2, 0.25) is 10.0 Å². The number of benzene rings is 1. The third-order valence-corrected chi connectivity index (χ3v) is 3.99. The van der Waals surface area contributed by atoms with E-state index in [0.29, 0.717) is 16.0 Å². The molecule has 2 atom stereocenters. The van der Waals surface area contributed by atoms with E-state index in [2.05, 4.69) is 26.1 Å². The first kappa shape index (κ1) is 16.8. The van der Waals surface area contributed by atoms with Crippen molar-refractivity contribution < 1.29 is 4.74 Å². The van der Waals surface area contributed by atoms with E-state index < -0.39 is 0 Å². The second kappa shape index (κ2) is 8.11. The van der Waals surface area contributed by atoms with Crippen LogP contribution in [0.5, 0.6) is 0 Å². The van der Waals surface area contributed by atoms with Crippen LogP contribution >= 0.6 is 23.2 Å². The van der Waals surface area contributed by atoms with Gasteiger partial charge < -0.3 is 10.1 Å². The Kier molecular flexibility index (Phi) is 7.16. The van der Waals surface area contributed by atoms with Gasteiger partial charge in [-0.1, -0.05) is 50.0 Å². The summed E-state index contributed by atoms with van der Waals surface area (Å²) in [6.07, 6.45) is 0.899. The van der Waals surface area contributed by atoms with Gasteiger partial charge in [0.1, 0.15) is 0 Å². The Morgan fingerprint density at radius 1 is 1.21 bits per heavy atom. The van der Waals surface area contributed by atoms with Gasteiger partial charge in [-0.05, 0) is 36.6 Å². The highest BCUT2D eigenvalue weighted by molar-refractivity contribution is 6.36. The minimum Gasteiger partial charge on any atom is -0.380 e. The van der Waals surface area contributed by atoms with Gasteiger partial charge in [0.15, 0.2) is 0 Å². The van der Waals surface area contributed by atoms with Gasteiger partial charge in [0, 0.05) is 23.2 Å². The first-order valence-electron chi connectivity index (χ1n) is 6.70. The Labute approximate surface area is 126 Å². The van der Waals surface area contributed by atoms with Crippen molar-refractivity contribution in [2.75, 3.05) is 13.7 Å². The molecule has 0 amide bonds. The van der Waals surface area contributed by atoms with Crippen molar-refractivity contribution in [1.82, 2.24) is 5.32 Å². The number of hydrogen-bond acceptors (Lipinski definition) is 2. The van der Waals surface area contributed by atoms with Crippen LogP contribution in [0.4, 0.5) is 0 Å². The second-order valence-corrected chi connectivity index (χ2v) is 5.83. The van der Waals surface area contributed by atoms with Crippen molar-refractivity contribution in [2.45, 2.75) is 39.3 Å². The highest BCUT2D eigenvalue weighted by Gasteiger charge is 2.25. The van der Waals surface area contributed by atoms with Crippen molar-refractivity contribution >= 4 is 23.2 Å². The van der Waals surface area contributed by atoms with E-state index in [0.717, 1.165) is 18.5 Å². The molecule has 0 bridgehead atoms. The highest BCUT2D eigenvalue weighted by Crippen LogP contribution is 2.27. The summed E-state index contributed by atoms with van der Waals surface area (Å²) in [5.74, 6) is 0.426. The van der Waals surface area contributed by atoms with Crippen molar-refractivity contribution in [3.8, 4) is 0 Å². The van der Waals surface area contributed by atoms with E-state index in [4.69, 9.17) is 27.9 Å². The van der Waals surface area contributed by atoms with Crippen LogP contribution in [0.1, 0.15) is 26.3 Å². The van der Waals surface area contributed by atoms with E-state index in [-0.39, 0.29) is 12.1 Å². The highest BCUT2D eigenvalue weighted by atomic mass is 35.5. The number of halogens is 2. The number of rotatable bonds is 7. The fraction of sp³-hybridized carbons (Fsp3) is 0.600. The van der Waals surface area contributed by atoms with Gasteiger partial charge in [-0.15, -0.1) is 0 Å². The fourth-order valence-corrected chi connectivity index (χ4v) is 2.97. The van der Waals surface area contributed by atoms with Crippen LogP contribution in [0.15, 0.2) is 18.2 Å². The molecule has 0 aliphatic carbocycles. The van der Waals surface area contributed by atoms with Crippen molar-refractivity contribution in [2.24, 2.45) is 5.92 Å². The summed E-state index contributed by atoms with van der Waals surface area (Å²) in [5, 5.41) is 4.91. The van der Waals surface area contributed by atoms with Crippen molar-refractivity contribution in [3.63, 3.8) is 0 Å². The lowest BCUT2D eigenvalue weighted by atomic mass is 9.93. The molecular weight excluding hydrogens is 281 g/mol. The van der Waals surface area contributed by atoms with Crippen LogP contribution in [0.3, 0.4) is 0 Å². The van der Waals surface area contributed by atoms with E-state index >= 15 is 0 Å². The SMILES string of the molecule is CCNC(Cc1c(Cl)cccc1Cl)C(OC)C(C)C. The lowest BCUT2D eigenvalue weighted by Gasteiger charge is -2.30. The monoisotopic (exact) mass is 303 g/mol. The Balaban J connectivity index is 2.95. The molecule has 19 heavy (non-hydrogen) atoms. The molecule has 4 heteroatoms. The average Bonchev–Trinajstić information content (AvgIpc) is 2.34. The fourth-order valence-electron chi connectivity index (χ4n) is 2.41. The lowest BCUT2D eigenvalue weighted by Crippen LogP contribution is -2.45. The van der Waals surface area contributed by atoms with E-state index in [9.17, 15) is 0 Å². The summed E-state index contributed by atoms with van der Waals surface area (Å²) in [6.45, 7) is 7.30. The topological polar surface area (TPSA) is 21.3 Å². The molecule has 2 nitrogen and oxygen atoms in total. The Morgan fingerprint density at radius 2 is 1.79 bits per heavy atom. The standard InChI is InChI=1S/C15H23Cl2NO/c1-5-18-14(15(19-4)10(2)3)9-11-12(16)7-6-8-13(11)17/h6-8,10,14-15,18H,5,9H2,1-4H3. The molecular formula is C15H23Cl2NO. The number of nitrogens with one attached hydrogen (secondary N) is 1. The molecule has 1 aromatic rings. The smallest absolute Gasteiger partial charge is 0.0750 e. The molecule has 2 unspecified atom stereocenters. The molecule has 1 N–H and O–H groups in total. The summed E-state index contributed by atoms with van der Waals surface area (Å²) in [7, 11) is 1.75. The molecule has 0 aliphatic heterocycles. The van der Waals surface area contributed by atoms with E-state index in [1.54, 1.807) is 7.11 Å². The minimum atomic E-state index is 0.132. The predicted octanol–water partition coefficient (Wildman–Crippen LogP) is 4.19. The maximum atomic E-state index is 6.25. The second-order valence-electron chi connectivity index (χ2n) is 5.01. The molecule has 0 heterocycles. The molecule has 108 valence electrons. The van der Waals surface area contributed by atoms with Crippen LogP contribution in [0.25, 0.3) is 0 Å². The number of hydrogen-bond donors (Lipinski definition) is 1. The molecule has 0 saturated carbocycles. The van der Waals surface area contributed by atoms with Crippen LogP contribution in [-0.2, 0) is 11.2 Å². The van der Waals surface area contributed by atoms with Gasteiger partial charge in [-0.25, -0.2) is 0 Å². The van der Waals surface area contributed by atoms with E-state index in [1.165, 1.54) is 0 Å². The van der Waals surface area contributed by atoms with Crippen molar-refractivity contribution in [1.29, 1.82) is 0 Å². The summed E-state index contributed by atoms with van der Waals surface area (Å²) in [4.78, 5) is 0. The minimum absolute atomic E-state index is 0.132. The summed E-state index contributed by atoms with van der Waals surface area (Å²) < 4.78 is 5.63. The first-order valence-corrected chi connectivity index (χ1v) is 7.45. The first-order chi connectivity index (χ1) is 9.01. The largest absolute Gasteiger partial charge is 0.380 e. The van der Waals surface area contributed by atoms with Gasteiger partial charge in [0.05, 0.1) is 6.10 Å². The molecule has 0 aromatic heterocycles. The van der Waals surface area contributed by atoms with Crippen LogP contribution in [0, 0.1) is 5.92 Å². The summed E-state index contributed by atoms with van der Waals surface area (Å²) in [5.41, 5.74) is 0.986. The Bertz CT molecular complexity index is 375. The quantitative estimate of drug-likeness (QED) is 0.815. The maximum absolute atomic E-state index is 6.25. The summed E-state index contributed by atoms with van der Waals surface area (Å²) >= 11 is 12.5. The predicted molar refractivity (Wildman–Crippen MR) is 83.3 cm³/mol. The molecule has 0 spiro atoms. The molecule has 0 aliphatic rings. The molecule has 1 aromatic carbocycles. The van der Waals surface area contributed by atoms with Gasteiger partial charge in [0.25, 0.3) is 0 Å². The molecule has 0 fully saturated rings. The maximum Gasteiger partial charge on any atom is 0.0750 e. The normalized spacial score (nSPS) is 14.7. The van der Waals surface area contributed by atoms with Gasteiger partial charge in [0.2, 0.25) is 0 Å². The van der Waals surface area contributed by atoms with Crippen molar-refractivity contribution in [3.05, 3.63) is 33.8 Å². The van der Waals surface area contributed by atoms with Gasteiger partial charge in [-0.2, -0.15) is 0 Å². The lowest BCUT2D eigenvalue weighted by molar-refractivity contribution is 0.0337. The number of methoxy groups -OCH3 is 1.